The number of hydrogen-bond acceptors (Lipinski definition) is 8. The average molecular weight is 334 g/mol. The summed E-state index contributed by atoms with van der Waals surface area (Å²) in [5, 5.41) is 0. The van der Waals surface area contributed by atoms with Crippen molar-refractivity contribution in [2.24, 2.45) is 0 Å². The molecule has 1 aliphatic heterocycles. The molecule has 8 nitrogen and oxygen atoms in total. The van der Waals surface area contributed by atoms with E-state index in [-0.39, 0.29) is 38.0 Å². The highest BCUT2D eigenvalue weighted by Crippen LogP contribution is 2.00. The molecule has 0 amide bonds. The summed E-state index contributed by atoms with van der Waals surface area (Å²) in [6.07, 6.45) is 0.777. The van der Waals surface area contributed by atoms with Crippen LogP contribution in [0.5, 0.6) is 0 Å². The number of esters is 2. The largest absolute Gasteiger partial charge is 0.463 e. The molecule has 1 rings (SSSR count). The third kappa shape index (κ3) is 13.0. The molecule has 0 atom stereocenters. The van der Waals surface area contributed by atoms with Gasteiger partial charge in [0.1, 0.15) is 13.2 Å². The molecule has 0 N–H and O–H groups in total. The lowest BCUT2D eigenvalue weighted by Gasteiger charge is -2.07. The Hall–Kier alpha value is -1.22. The zero-order chi connectivity index (χ0) is 16.6. The summed E-state index contributed by atoms with van der Waals surface area (Å²) >= 11 is 0. The first-order chi connectivity index (χ1) is 11.3. The number of rotatable bonds is 0. The zero-order valence-corrected chi connectivity index (χ0v) is 13.5. The first-order valence-electron chi connectivity index (χ1n) is 7.91. The predicted molar refractivity (Wildman–Crippen MR) is 79.0 cm³/mol. The summed E-state index contributed by atoms with van der Waals surface area (Å²) in [6.45, 7) is 3.81. The van der Waals surface area contributed by atoms with E-state index >= 15 is 0 Å². The number of carbonyl (C=O) groups excluding carboxylic acids is 2. The van der Waals surface area contributed by atoms with E-state index in [2.05, 4.69) is 0 Å². The van der Waals surface area contributed by atoms with E-state index in [0.717, 1.165) is 0 Å². The molecular weight excluding hydrogens is 308 g/mol. The predicted octanol–water partition coefficient (Wildman–Crippen LogP) is 0.323. The minimum Gasteiger partial charge on any atom is -0.463 e. The summed E-state index contributed by atoms with van der Waals surface area (Å²) in [4.78, 5) is 22.8. The molecule has 0 saturated carbocycles. The van der Waals surface area contributed by atoms with Crippen LogP contribution in [0.3, 0.4) is 0 Å². The highest BCUT2D eigenvalue weighted by atomic mass is 16.6. The summed E-state index contributed by atoms with van der Waals surface area (Å²) in [7, 11) is 0. The Kier molecular flexibility index (Phi) is 12.4. The van der Waals surface area contributed by atoms with Gasteiger partial charge in [-0.25, -0.2) is 0 Å². The molecule has 1 saturated heterocycles. The normalized spacial score (nSPS) is 22.4. The monoisotopic (exact) mass is 334 g/mol. The molecule has 134 valence electrons. The second-order valence-corrected chi connectivity index (χ2v) is 4.74. The van der Waals surface area contributed by atoms with Gasteiger partial charge in [0, 0.05) is 12.8 Å². The van der Waals surface area contributed by atoms with E-state index in [9.17, 15) is 9.59 Å². The molecule has 0 radical (unpaired) electrons. The van der Waals surface area contributed by atoms with Gasteiger partial charge in [0.2, 0.25) is 0 Å². The molecule has 0 spiro atoms. The zero-order valence-electron chi connectivity index (χ0n) is 13.5. The number of ether oxygens (including phenoxy) is 6. The van der Waals surface area contributed by atoms with Crippen LogP contribution in [0.25, 0.3) is 0 Å². The van der Waals surface area contributed by atoms with Crippen LogP contribution >= 0.6 is 0 Å². The molecule has 23 heavy (non-hydrogen) atoms. The molecule has 0 aromatic rings. The van der Waals surface area contributed by atoms with Crippen molar-refractivity contribution in [1.29, 1.82) is 0 Å². The third-order valence-electron chi connectivity index (χ3n) is 2.86. The van der Waals surface area contributed by atoms with Gasteiger partial charge in [0.25, 0.3) is 0 Å². The van der Waals surface area contributed by atoms with Gasteiger partial charge in [-0.2, -0.15) is 0 Å². The van der Waals surface area contributed by atoms with Crippen molar-refractivity contribution in [3.05, 3.63) is 0 Å². The van der Waals surface area contributed by atoms with Crippen LogP contribution in [-0.4, -0.2) is 78.0 Å². The fourth-order valence-corrected chi connectivity index (χ4v) is 1.71. The molecule has 0 aliphatic carbocycles. The van der Waals surface area contributed by atoms with Crippen LogP contribution in [0.4, 0.5) is 0 Å². The van der Waals surface area contributed by atoms with Gasteiger partial charge in [-0.3, -0.25) is 9.59 Å². The van der Waals surface area contributed by atoms with Gasteiger partial charge in [0.05, 0.1) is 52.9 Å². The van der Waals surface area contributed by atoms with Crippen molar-refractivity contribution in [1.82, 2.24) is 0 Å². The van der Waals surface area contributed by atoms with Crippen molar-refractivity contribution in [2.75, 3.05) is 66.1 Å². The third-order valence-corrected chi connectivity index (χ3v) is 2.86. The van der Waals surface area contributed by atoms with Crippen molar-refractivity contribution in [3.8, 4) is 0 Å². The average Bonchev–Trinajstić information content (AvgIpc) is 2.53. The fourth-order valence-electron chi connectivity index (χ4n) is 1.71. The quantitative estimate of drug-likeness (QED) is 0.585. The molecule has 0 bridgehead atoms. The molecule has 1 fully saturated rings. The van der Waals surface area contributed by atoms with E-state index in [1.54, 1.807) is 0 Å². The van der Waals surface area contributed by atoms with Crippen LogP contribution in [0.15, 0.2) is 0 Å². The van der Waals surface area contributed by atoms with Crippen molar-refractivity contribution < 1.29 is 38.0 Å². The molecule has 0 aromatic heterocycles. The molecular formula is C15H26O8. The highest BCUT2D eigenvalue weighted by Gasteiger charge is 2.07. The van der Waals surface area contributed by atoms with Gasteiger partial charge < -0.3 is 28.4 Å². The molecule has 1 aliphatic rings. The van der Waals surface area contributed by atoms with Crippen LogP contribution in [-0.2, 0) is 38.0 Å². The summed E-state index contributed by atoms with van der Waals surface area (Å²) in [6, 6.07) is 0. The van der Waals surface area contributed by atoms with Crippen LogP contribution in [0, 0.1) is 0 Å². The van der Waals surface area contributed by atoms with Gasteiger partial charge in [-0.1, -0.05) is 0 Å². The molecule has 0 unspecified atom stereocenters. The Morgan fingerprint density at radius 1 is 0.478 bits per heavy atom. The smallest absolute Gasteiger partial charge is 0.305 e. The van der Waals surface area contributed by atoms with Gasteiger partial charge >= 0.3 is 11.9 Å². The van der Waals surface area contributed by atoms with Gasteiger partial charge in [0.15, 0.2) is 0 Å². The molecule has 0 aromatic carbocycles. The maximum Gasteiger partial charge on any atom is 0.305 e. The van der Waals surface area contributed by atoms with Crippen LogP contribution in [0.2, 0.25) is 0 Å². The number of carbonyl (C=O) groups is 2. The second kappa shape index (κ2) is 14.4. The number of hydrogen-bond donors (Lipinski definition) is 0. The Morgan fingerprint density at radius 3 is 1.13 bits per heavy atom. The molecule has 8 heteroatoms. The van der Waals surface area contributed by atoms with Gasteiger partial charge in [-0.15, -0.1) is 0 Å². The standard InChI is InChI=1S/C15H26O8/c16-14-2-1-3-15(17)23-13-11-21-9-7-19-5-4-18-6-8-20-10-12-22-14/h1-13H2. The van der Waals surface area contributed by atoms with Crippen LogP contribution < -0.4 is 0 Å². The Balaban J connectivity index is 2.18. The number of cyclic esters (lactones) is 2. The van der Waals surface area contributed by atoms with Crippen molar-refractivity contribution in [3.63, 3.8) is 0 Å². The maximum absolute atomic E-state index is 11.4. The van der Waals surface area contributed by atoms with Crippen molar-refractivity contribution in [2.45, 2.75) is 19.3 Å². The Morgan fingerprint density at radius 2 is 0.783 bits per heavy atom. The van der Waals surface area contributed by atoms with Crippen LogP contribution in [0.1, 0.15) is 19.3 Å². The van der Waals surface area contributed by atoms with E-state index in [4.69, 9.17) is 28.4 Å². The minimum atomic E-state index is -0.343. The summed E-state index contributed by atoms with van der Waals surface area (Å²) in [5.41, 5.74) is 0. The first kappa shape index (κ1) is 19.8. The summed E-state index contributed by atoms with van der Waals surface area (Å²) in [5.74, 6) is -0.687. The minimum absolute atomic E-state index is 0.187. The summed E-state index contributed by atoms with van der Waals surface area (Å²) < 4.78 is 31.1. The molecule has 1 heterocycles. The van der Waals surface area contributed by atoms with E-state index in [0.29, 0.717) is 59.3 Å². The topological polar surface area (TPSA) is 89.5 Å². The lowest BCUT2D eigenvalue weighted by atomic mass is 10.2. The SMILES string of the molecule is O=C1CCCC(=O)OCCOCCOCCOCCOCCO1. The lowest BCUT2D eigenvalue weighted by Crippen LogP contribution is -2.14. The Bertz CT molecular complexity index is 291. The Labute approximate surface area is 136 Å². The van der Waals surface area contributed by atoms with E-state index < -0.39 is 0 Å². The first-order valence-corrected chi connectivity index (χ1v) is 7.91. The van der Waals surface area contributed by atoms with Crippen molar-refractivity contribution >= 4 is 11.9 Å². The van der Waals surface area contributed by atoms with E-state index in [1.807, 2.05) is 0 Å². The second-order valence-electron chi connectivity index (χ2n) is 4.74. The lowest BCUT2D eigenvalue weighted by molar-refractivity contribution is -0.147. The van der Waals surface area contributed by atoms with E-state index in [1.165, 1.54) is 0 Å². The highest BCUT2D eigenvalue weighted by molar-refractivity contribution is 5.72. The fraction of sp³-hybridized carbons (Fsp3) is 0.867. The maximum atomic E-state index is 11.4. The van der Waals surface area contributed by atoms with Gasteiger partial charge in [-0.05, 0) is 6.42 Å².